The van der Waals surface area contributed by atoms with E-state index in [2.05, 4.69) is 102 Å². The minimum absolute atomic E-state index is 0.0268. The Labute approximate surface area is 317 Å². The van der Waals surface area contributed by atoms with Gasteiger partial charge in [0.2, 0.25) is 0 Å². The van der Waals surface area contributed by atoms with Crippen molar-refractivity contribution < 1.29 is 9.47 Å². The molecule has 4 saturated heterocycles. The van der Waals surface area contributed by atoms with Gasteiger partial charge in [-0.2, -0.15) is 0 Å². The summed E-state index contributed by atoms with van der Waals surface area (Å²) in [6, 6.07) is 23.5. The fourth-order valence-electron chi connectivity index (χ4n) is 10.9. The van der Waals surface area contributed by atoms with Crippen molar-refractivity contribution in [3.05, 3.63) is 109 Å². The maximum absolute atomic E-state index is 6.63. The SMILES string of the molecule is c1cn2cc(-c3ccc4c(c3)CC3(CCC5CCCN5CC3)O4)ccc2n1.c1cn2cc(-c3ccc4c(c3)CC3(CCCN5CCCC5C3)O4)ccc2n1. The quantitative estimate of drug-likeness (QED) is 0.179. The highest BCUT2D eigenvalue weighted by Crippen LogP contribution is 2.46. The van der Waals surface area contributed by atoms with Gasteiger partial charge in [0.25, 0.3) is 0 Å². The van der Waals surface area contributed by atoms with Crippen LogP contribution in [0.3, 0.4) is 0 Å². The number of hydrogen-bond donors (Lipinski definition) is 0. The second-order valence-electron chi connectivity index (χ2n) is 17.1. The smallest absolute Gasteiger partial charge is 0.136 e. The first-order chi connectivity index (χ1) is 26.6. The van der Waals surface area contributed by atoms with Crippen molar-refractivity contribution in [3.8, 4) is 33.8 Å². The van der Waals surface area contributed by atoms with Crippen molar-refractivity contribution in [1.29, 1.82) is 0 Å². The topological polar surface area (TPSA) is 59.5 Å². The summed E-state index contributed by atoms with van der Waals surface area (Å²) in [5.41, 5.74) is 9.77. The van der Waals surface area contributed by atoms with Crippen molar-refractivity contribution in [2.75, 3.05) is 26.2 Å². The van der Waals surface area contributed by atoms with Crippen molar-refractivity contribution in [1.82, 2.24) is 28.6 Å². The van der Waals surface area contributed by atoms with Gasteiger partial charge in [0.05, 0.1) is 0 Å². The van der Waals surface area contributed by atoms with Crippen LogP contribution < -0.4 is 9.47 Å². The Morgan fingerprint density at radius 2 is 1.11 bits per heavy atom. The largest absolute Gasteiger partial charge is 0.487 e. The van der Waals surface area contributed by atoms with Gasteiger partial charge in [-0.15, -0.1) is 0 Å². The molecule has 0 amide bonds. The lowest BCUT2D eigenvalue weighted by Crippen LogP contribution is -2.39. The van der Waals surface area contributed by atoms with Crippen molar-refractivity contribution in [2.24, 2.45) is 0 Å². The molecule has 10 heterocycles. The van der Waals surface area contributed by atoms with Crippen LogP contribution in [0.25, 0.3) is 33.5 Å². The maximum Gasteiger partial charge on any atom is 0.136 e. The fraction of sp³-hybridized carbons (Fsp3) is 0.435. The zero-order valence-electron chi connectivity index (χ0n) is 31.2. The van der Waals surface area contributed by atoms with Gasteiger partial charge in [-0.25, -0.2) is 9.97 Å². The first-order valence-electron chi connectivity index (χ1n) is 20.5. The number of imidazole rings is 2. The van der Waals surface area contributed by atoms with Crippen LogP contribution in [0.5, 0.6) is 11.5 Å². The van der Waals surface area contributed by atoms with Crippen LogP contribution in [-0.4, -0.2) is 78.0 Å². The van der Waals surface area contributed by atoms with Crippen molar-refractivity contribution >= 4 is 11.3 Å². The summed E-state index contributed by atoms with van der Waals surface area (Å²) in [6.07, 6.45) is 26.9. The van der Waals surface area contributed by atoms with Gasteiger partial charge in [0, 0.05) is 81.5 Å². The Balaban J connectivity index is 0.000000126. The lowest BCUT2D eigenvalue weighted by Gasteiger charge is -2.30. The maximum atomic E-state index is 6.63. The first-order valence-corrected chi connectivity index (χ1v) is 20.5. The number of fused-ring (bicyclic) bond motifs is 6. The van der Waals surface area contributed by atoms with Crippen LogP contribution in [0.1, 0.15) is 75.3 Å². The van der Waals surface area contributed by atoms with Gasteiger partial charge in [0.15, 0.2) is 0 Å². The summed E-state index contributed by atoms with van der Waals surface area (Å²) < 4.78 is 17.4. The third kappa shape index (κ3) is 5.89. The van der Waals surface area contributed by atoms with Gasteiger partial charge in [0.1, 0.15) is 34.0 Å². The monoisotopic (exact) mass is 718 g/mol. The molecule has 0 N–H and O–H groups in total. The summed E-state index contributed by atoms with van der Waals surface area (Å²) in [7, 11) is 0. The zero-order valence-corrected chi connectivity index (χ0v) is 31.2. The molecule has 6 aliphatic heterocycles. The summed E-state index contributed by atoms with van der Waals surface area (Å²) in [4.78, 5) is 14.1. The molecular formula is C46H50N6O2. The average molecular weight is 719 g/mol. The molecule has 0 aliphatic carbocycles. The number of benzene rings is 2. The molecule has 6 aromatic rings. The lowest BCUT2D eigenvalue weighted by atomic mass is 9.86. The molecule has 12 rings (SSSR count). The number of pyridine rings is 2. The summed E-state index contributed by atoms with van der Waals surface area (Å²) in [5, 5.41) is 0. The Morgan fingerprint density at radius 3 is 1.80 bits per heavy atom. The van der Waals surface area contributed by atoms with Gasteiger partial charge in [-0.1, -0.05) is 12.1 Å². The molecule has 6 aliphatic rings. The Kier molecular flexibility index (Phi) is 7.87. The van der Waals surface area contributed by atoms with Crippen LogP contribution >= 0.6 is 0 Å². The minimum atomic E-state index is 0.0268. The van der Waals surface area contributed by atoms with Gasteiger partial charge in [-0.05, 0) is 153 Å². The van der Waals surface area contributed by atoms with Crippen LogP contribution in [-0.2, 0) is 12.8 Å². The van der Waals surface area contributed by atoms with Gasteiger partial charge in [-0.3, -0.25) is 0 Å². The molecule has 0 bridgehead atoms. The van der Waals surface area contributed by atoms with E-state index < -0.39 is 0 Å². The number of hydrogen-bond acceptors (Lipinski definition) is 6. The molecule has 0 saturated carbocycles. The lowest BCUT2D eigenvalue weighted by molar-refractivity contribution is 0.0649. The van der Waals surface area contributed by atoms with Gasteiger partial charge < -0.3 is 28.1 Å². The first kappa shape index (κ1) is 32.7. The Bertz CT molecular complexity index is 2330. The van der Waals surface area contributed by atoms with E-state index in [0.29, 0.717) is 0 Å². The van der Waals surface area contributed by atoms with E-state index in [0.717, 1.165) is 54.1 Å². The zero-order chi connectivity index (χ0) is 35.7. The van der Waals surface area contributed by atoms with E-state index in [-0.39, 0.29) is 11.2 Å². The summed E-state index contributed by atoms with van der Waals surface area (Å²) in [5.74, 6) is 2.21. The van der Waals surface area contributed by atoms with E-state index in [1.807, 2.05) is 24.8 Å². The Morgan fingerprint density at radius 1 is 0.537 bits per heavy atom. The van der Waals surface area contributed by atoms with E-state index in [1.54, 1.807) is 0 Å². The van der Waals surface area contributed by atoms with Gasteiger partial charge >= 0.3 is 0 Å². The van der Waals surface area contributed by atoms with Crippen LogP contribution in [0.4, 0.5) is 0 Å². The molecule has 276 valence electrons. The number of ether oxygens (including phenoxy) is 2. The summed E-state index contributed by atoms with van der Waals surface area (Å²) in [6.45, 7) is 5.02. The van der Waals surface area contributed by atoms with E-state index in [9.17, 15) is 0 Å². The molecule has 2 spiro atoms. The van der Waals surface area contributed by atoms with Crippen molar-refractivity contribution in [2.45, 2.75) is 100 Å². The normalized spacial score (nSPS) is 27.5. The fourth-order valence-corrected chi connectivity index (χ4v) is 10.9. The number of rotatable bonds is 2. The predicted octanol–water partition coefficient (Wildman–Crippen LogP) is 8.65. The highest BCUT2D eigenvalue weighted by molar-refractivity contribution is 5.68. The summed E-state index contributed by atoms with van der Waals surface area (Å²) >= 11 is 0. The third-order valence-electron chi connectivity index (χ3n) is 13.7. The molecule has 4 aromatic heterocycles. The molecule has 4 atom stereocenters. The Hall–Kier alpha value is -4.66. The molecule has 2 aromatic carbocycles. The van der Waals surface area contributed by atoms with Crippen LogP contribution in [0.15, 0.2) is 97.8 Å². The predicted molar refractivity (Wildman–Crippen MR) is 212 cm³/mol. The highest BCUT2D eigenvalue weighted by Gasteiger charge is 2.45. The average Bonchev–Trinajstić information content (AvgIpc) is 4.05. The van der Waals surface area contributed by atoms with Crippen molar-refractivity contribution in [3.63, 3.8) is 0 Å². The highest BCUT2D eigenvalue weighted by atomic mass is 16.5. The minimum Gasteiger partial charge on any atom is -0.487 e. The second-order valence-corrected chi connectivity index (χ2v) is 17.1. The third-order valence-corrected chi connectivity index (χ3v) is 13.7. The number of nitrogens with zero attached hydrogens (tertiary/aromatic N) is 6. The standard InChI is InChI=1S/2C23H25N3O/c1-3-20-15-23(8-2-11-25(20)10-1)14-19-13-17(4-6-21(19)27-23)18-5-7-22-24-9-12-26(22)16-18;1-2-20-7-8-23(9-12-25(20)11-1)15-19-14-17(3-5-21(19)27-23)18-4-6-22-24-10-13-26(22)16-18/h4-7,9,12-13,16,20H,1-3,8,10-11,14-15H2;3-6,10,13-14,16,20H,1-2,7-9,11-12,15H2. The molecule has 8 nitrogen and oxygen atoms in total. The van der Waals surface area contributed by atoms with E-state index >= 15 is 0 Å². The number of aromatic nitrogens is 4. The molecular weight excluding hydrogens is 669 g/mol. The molecule has 8 heteroatoms. The second kappa shape index (κ2) is 13.0. The molecule has 0 radical (unpaired) electrons. The van der Waals surface area contributed by atoms with Crippen LogP contribution in [0, 0.1) is 0 Å². The molecule has 4 unspecified atom stereocenters. The molecule has 54 heavy (non-hydrogen) atoms. The van der Waals surface area contributed by atoms with E-state index in [1.165, 1.54) is 117 Å². The molecule has 4 fully saturated rings. The van der Waals surface area contributed by atoms with Crippen LogP contribution in [0.2, 0.25) is 0 Å². The van der Waals surface area contributed by atoms with E-state index in [4.69, 9.17) is 9.47 Å².